The normalized spacial score (nSPS) is 12.4. The summed E-state index contributed by atoms with van der Waals surface area (Å²) in [6, 6.07) is 1.52. The number of rotatable bonds is 3. The van der Waals surface area contributed by atoms with Crippen LogP contribution in [0.1, 0.15) is 6.92 Å². The highest BCUT2D eigenvalue weighted by Crippen LogP contribution is 1.96. The first kappa shape index (κ1) is 9.37. The number of nitriles is 1. The molecule has 0 radical (unpaired) electrons. The highest BCUT2D eigenvalue weighted by Gasteiger charge is 2.11. The van der Waals surface area contributed by atoms with Crippen molar-refractivity contribution in [2.75, 3.05) is 0 Å². The number of carboxylic acid groups (broad SMARTS) is 1. The van der Waals surface area contributed by atoms with Crippen molar-refractivity contribution in [3.8, 4) is 6.07 Å². The number of aliphatic carboxylic acids is 1. The van der Waals surface area contributed by atoms with E-state index in [-0.39, 0.29) is 5.78 Å². The maximum atomic E-state index is 10.3. The summed E-state index contributed by atoms with van der Waals surface area (Å²) in [6.07, 6.45) is 2.13. The molecule has 0 aliphatic rings. The molecule has 0 aliphatic carbocycles. The zero-order valence-corrected chi connectivity index (χ0v) is 5.94. The Balaban J connectivity index is 4.23. The molecule has 1 N–H and O–H groups in total. The van der Waals surface area contributed by atoms with Gasteiger partial charge in [-0.1, -0.05) is 6.08 Å². The first-order valence-corrected chi connectivity index (χ1v) is 2.89. The summed E-state index contributed by atoms with van der Waals surface area (Å²) in [5, 5.41) is 16.5. The number of allylic oxidation sites excluding steroid dienone is 1. The molecule has 1 unspecified atom stereocenters. The fraction of sp³-hybridized carbons (Fsp3) is 0.286. The minimum absolute atomic E-state index is 0.272. The molecule has 0 bridgehead atoms. The SMILES string of the molecule is CC(=O)/C=C/C(C#N)C(=O)O. The summed E-state index contributed by atoms with van der Waals surface area (Å²) in [7, 11) is 0. The smallest absolute Gasteiger partial charge is 0.324 e. The van der Waals surface area contributed by atoms with Gasteiger partial charge in [-0.3, -0.25) is 9.59 Å². The van der Waals surface area contributed by atoms with Crippen LogP contribution in [0, 0.1) is 17.2 Å². The van der Waals surface area contributed by atoms with E-state index in [0.29, 0.717) is 0 Å². The van der Waals surface area contributed by atoms with E-state index in [2.05, 4.69) is 0 Å². The van der Waals surface area contributed by atoms with Gasteiger partial charge < -0.3 is 5.11 Å². The zero-order chi connectivity index (χ0) is 8.85. The molecule has 0 amide bonds. The largest absolute Gasteiger partial charge is 0.480 e. The molecular weight excluding hydrogens is 146 g/mol. The van der Waals surface area contributed by atoms with Gasteiger partial charge in [-0.2, -0.15) is 5.26 Å². The van der Waals surface area contributed by atoms with Gasteiger partial charge in [0, 0.05) is 0 Å². The lowest BCUT2D eigenvalue weighted by molar-refractivity contribution is -0.138. The van der Waals surface area contributed by atoms with Crippen molar-refractivity contribution in [2.24, 2.45) is 5.92 Å². The van der Waals surface area contributed by atoms with Crippen LogP contribution in [0.2, 0.25) is 0 Å². The van der Waals surface area contributed by atoms with Gasteiger partial charge in [0.15, 0.2) is 11.7 Å². The van der Waals surface area contributed by atoms with Crippen molar-refractivity contribution in [3.63, 3.8) is 0 Å². The Hall–Kier alpha value is -1.63. The third-order valence-electron chi connectivity index (χ3n) is 0.929. The van der Waals surface area contributed by atoms with E-state index in [9.17, 15) is 9.59 Å². The van der Waals surface area contributed by atoms with Crippen LogP contribution in [0.25, 0.3) is 0 Å². The topological polar surface area (TPSA) is 78.2 Å². The number of nitrogens with zero attached hydrogens (tertiary/aromatic N) is 1. The minimum Gasteiger partial charge on any atom is -0.480 e. The molecule has 0 aromatic rings. The number of hydrogen-bond acceptors (Lipinski definition) is 3. The predicted molar refractivity (Wildman–Crippen MR) is 36.6 cm³/mol. The van der Waals surface area contributed by atoms with Gasteiger partial charge in [0.1, 0.15) is 0 Å². The second-order valence-electron chi connectivity index (χ2n) is 1.91. The second kappa shape index (κ2) is 4.23. The fourth-order valence-corrected chi connectivity index (χ4v) is 0.412. The van der Waals surface area contributed by atoms with Crippen molar-refractivity contribution >= 4 is 11.8 Å². The molecule has 58 valence electrons. The number of carbonyl (C=O) groups is 2. The van der Waals surface area contributed by atoms with Crippen LogP contribution in [0.4, 0.5) is 0 Å². The van der Waals surface area contributed by atoms with Crippen LogP contribution in [0.5, 0.6) is 0 Å². The van der Waals surface area contributed by atoms with Crippen molar-refractivity contribution in [1.29, 1.82) is 5.26 Å². The van der Waals surface area contributed by atoms with Crippen molar-refractivity contribution in [2.45, 2.75) is 6.92 Å². The van der Waals surface area contributed by atoms with Crippen LogP contribution in [-0.2, 0) is 9.59 Å². The summed E-state index contributed by atoms with van der Waals surface area (Å²) in [5.41, 5.74) is 0. The highest BCUT2D eigenvalue weighted by atomic mass is 16.4. The predicted octanol–water partition coefficient (Wildman–Crippen LogP) is 0.356. The zero-order valence-electron chi connectivity index (χ0n) is 5.94. The highest BCUT2D eigenvalue weighted by molar-refractivity contribution is 5.88. The molecule has 0 saturated heterocycles. The number of ketones is 1. The van der Waals surface area contributed by atoms with Gasteiger partial charge in [-0.15, -0.1) is 0 Å². The van der Waals surface area contributed by atoms with Crippen molar-refractivity contribution in [3.05, 3.63) is 12.2 Å². The second-order valence-corrected chi connectivity index (χ2v) is 1.91. The summed E-state index contributed by atoms with van der Waals surface area (Å²) < 4.78 is 0. The summed E-state index contributed by atoms with van der Waals surface area (Å²) in [6.45, 7) is 1.28. The summed E-state index contributed by atoms with van der Waals surface area (Å²) in [5.74, 6) is -2.74. The standard InChI is InChI=1S/C7H7NO3/c1-5(9)2-3-6(4-8)7(10)11/h2-3,6H,1H3,(H,10,11)/b3-2+. The van der Waals surface area contributed by atoms with Crippen LogP contribution >= 0.6 is 0 Å². The van der Waals surface area contributed by atoms with Crippen molar-refractivity contribution in [1.82, 2.24) is 0 Å². The molecule has 0 rings (SSSR count). The van der Waals surface area contributed by atoms with Gasteiger partial charge >= 0.3 is 5.97 Å². The average molecular weight is 153 g/mol. The van der Waals surface area contributed by atoms with Gasteiger partial charge in [0.2, 0.25) is 0 Å². The van der Waals surface area contributed by atoms with Gasteiger partial charge in [0.25, 0.3) is 0 Å². The Morgan fingerprint density at radius 1 is 1.64 bits per heavy atom. The third kappa shape index (κ3) is 3.87. The molecule has 0 aromatic carbocycles. The van der Waals surface area contributed by atoms with E-state index < -0.39 is 11.9 Å². The fourth-order valence-electron chi connectivity index (χ4n) is 0.412. The monoisotopic (exact) mass is 153 g/mol. The number of hydrogen-bond donors (Lipinski definition) is 1. The van der Waals surface area contributed by atoms with Crippen LogP contribution in [0.3, 0.4) is 0 Å². The first-order chi connectivity index (χ1) is 5.07. The number of carbonyl (C=O) groups excluding carboxylic acids is 1. The Labute approximate surface area is 63.7 Å². The van der Waals surface area contributed by atoms with Gasteiger partial charge in [-0.05, 0) is 13.0 Å². The summed E-state index contributed by atoms with van der Waals surface area (Å²) >= 11 is 0. The molecule has 11 heavy (non-hydrogen) atoms. The Kier molecular flexibility index (Phi) is 3.60. The Bertz CT molecular complexity index is 237. The lowest BCUT2D eigenvalue weighted by atomic mass is 10.1. The quantitative estimate of drug-likeness (QED) is 0.593. The molecular formula is C7H7NO3. The molecule has 0 heterocycles. The van der Waals surface area contributed by atoms with Crippen molar-refractivity contribution < 1.29 is 14.7 Å². The van der Waals surface area contributed by atoms with Crippen LogP contribution in [-0.4, -0.2) is 16.9 Å². The maximum Gasteiger partial charge on any atom is 0.324 e. The molecule has 0 spiro atoms. The molecule has 0 aromatic heterocycles. The Morgan fingerprint density at radius 3 is 2.45 bits per heavy atom. The number of carboxylic acids is 1. The first-order valence-electron chi connectivity index (χ1n) is 2.89. The molecule has 1 atom stereocenters. The Morgan fingerprint density at radius 2 is 2.18 bits per heavy atom. The maximum absolute atomic E-state index is 10.3. The third-order valence-corrected chi connectivity index (χ3v) is 0.929. The molecule has 4 heteroatoms. The van der Waals surface area contributed by atoms with Crippen LogP contribution < -0.4 is 0 Å². The average Bonchev–Trinajstić information content (AvgIpc) is 1.87. The van der Waals surface area contributed by atoms with E-state index in [4.69, 9.17) is 10.4 Å². The lowest BCUT2D eigenvalue weighted by Crippen LogP contribution is -2.08. The molecule has 4 nitrogen and oxygen atoms in total. The van der Waals surface area contributed by atoms with E-state index in [1.54, 1.807) is 0 Å². The van der Waals surface area contributed by atoms with E-state index in [1.807, 2.05) is 0 Å². The van der Waals surface area contributed by atoms with Gasteiger partial charge in [0.05, 0.1) is 6.07 Å². The van der Waals surface area contributed by atoms with Crippen LogP contribution in [0.15, 0.2) is 12.2 Å². The molecule has 0 saturated carbocycles. The lowest BCUT2D eigenvalue weighted by Gasteiger charge is -1.91. The van der Waals surface area contributed by atoms with E-state index in [0.717, 1.165) is 12.2 Å². The van der Waals surface area contributed by atoms with E-state index in [1.165, 1.54) is 13.0 Å². The molecule has 0 fully saturated rings. The van der Waals surface area contributed by atoms with Gasteiger partial charge in [-0.25, -0.2) is 0 Å². The minimum atomic E-state index is -1.25. The summed E-state index contributed by atoms with van der Waals surface area (Å²) in [4.78, 5) is 20.5. The molecule has 0 aliphatic heterocycles. The van der Waals surface area contributed by atoms with E-state index >= 15 is 0 Å².